The number of benzene rings is 7. The summed E-state index contributed by atoms with van der Waals surface area (Å²) in [6.07, 6.45) is 0. The van der Waals surface area contributed by atoms with Crippen LogP contribution >= 0.6 is 0 Å². The van der Waals surface area contributed by atoms with Crippen LogP contribution in [-0.2, 0) is 6.61 Å². The van der Waals surface area contributed by atoms with E-state index in [1.807, 2.05) is 18.2 Å². The molecule has 0 radical (unpaired) electrons. The standard InChI is InChI=1S/C46H31N3O/c1-3-13-31(14-4-1)32-25-27-34(28-26-32)44-47-45(49-46(48-44)41-22-10-9-20-38(41)33-15-5-2-6-16-33)36-19-11-18-35(29-36)39-23-12-24-42-43(39)40-21-8-7-17-37(40)30-50-42/h1-29H,30H2. The van der Waals surface area contributed by atoms with E-state index in [1.165, 1.54) is 16.7 Å². The molecule has 4 heteroatoms. The van der Waals surface area contributed by atoms with Crippen molar-refractivity contribution >= 4 is 0 Å². The average molecular weight is 642 g/mol. The SMILES string of the molecule is c1ccc(-c2ccc(-c3nc(-c4cccc(-c5cccc6c5-c5ccccc5CO6)c4)nc(-c4ccccc4-c4ccccc4)n3)cc2)cc1. The molecule has 4 nitrogen and oxygen atoms in total. The molecule has 0 atom stereocenters. The summed E-state index contributed by atoms with van der Waals surface area (Å²) in [5.74, 6) is 2.76. The zero-order valence-corrected chi connectivity index (χ0v) is 27.2. The van der Waals surface area contributed by atoms with Crippen LogP contribution in [0.25, 0.3) is 78.7 Å². The molecule has 236 valence electrons. The Morgan fingerprint density at radius 2 is 0.860 bits per heavy atom. The molecule has 0 N–H and O–H groups in total. The molecule has 7 aromatic carbocycles. The van der Waals surface area contributed by atoms with Crippen LogP contribution in [0.4, 0.5) is 0 Å². The summed E-state index contributed by atoms with van der Waals surface area (Å²) in [4.78, 5) is 15.4. The molecular weight excluding hydrogens is 611 g/mol. The molecular formula is C46H31N3O. The fourth-order valence-electron chi connectivity index (χ4n) is 6.79. The highest BCUT2D eigenvalue weighted by Gasteiger charge is 2.22. The highest BCUT2D eigenvalue weighted by Crippen LogP contribution is 2.44. The second-order valence-electron chi connectivity index (χ2n) is 12.4. The Balaban J connectivity index is 1.20. The number of hydrogen-bond acceptors (Lipinski definition) is 4. The van der Waals surface area contributed by atoms with E-state index in [0.29, 0.717) is 24.1 Å². The number of ether oxygens (including phenoxy) is 1. The molecule has 0 saturated carbocycles. The van der Waals surface area contributed by atoms with Gasteiger partial charge in [-0.05, 0) is 56.6 Å². The zero-order chi connectivity index (χ0) is 33.3. The Bertz CT molecular complexity index is 2470. The fraction of sp³-hybridized carbons (Fsp3) is 0.0217. The minimum atomic E-state index is 0.569. The van der Waals surface area contributed by atoms with Gasteiger partial charge in [-0.1, -0.05) is 164 Å². The van der Waals surface area contributed by atoms with Crippen LogP contribution in [0.1, 0.15) is 5.56 Å². The Kier molecular flexibility index (Phi) is 7.52. The molecule has 1 aliphatic rings. The predicted octanol–water partition coefficient (Wildman–Crippen LogP) is 11.4. The van der Waals surface area contributed by atoms with E-state index in [-0.39, 0.29) is 0 Å². The number of rotatable bonds is 6. The van der Waals surface area contributed by atoms with Crippen molar-refractivity contribution in [1.82, 2.24) is 15.0 Å². The lowest BCUT2D eigenvalue weighted by Gasteiger charge is -2.23. The lowest BCUT2D eigenvalue weighted by molar-refractivity contribution is 0.302. The first-order chi connectivity index (χ1) is 24.8. The van der Waals surface area contributed by atoms with Gasteiger partial charge in [0.1, 0.15) is 12.4 Å². The van der Waals surface area contributed by atoms with Gasteiger partial charge >= 0.3 is 0 Å². The van der Waals surface area contributed by atoms with Crippen molar-refractivity contribution in [3.8, 4) is 84.4 Å². The van der Waals surface area contributed by atoms with Crippen molar-refractivity contribution in [2.75, 3.05) is 0 Å². The van der Waals surface area contributed by atoms with Gasteiger partial charge in [-0.2, -0.15) is 0 Å². The number of aromatic nitrogens is 3. The lowest BCUT2D eigenvalue weighted by atomic mass is 9.89. The van der Waals surface area contributed by atoms with Crippen molar-refractivity contribution < 1.29 is 4.74 Å². The van der Waals surface area contributed by atoms with E-state index < -0.39 is 0 Å². The zero-order valence-electron chi connectivity index (χ0n) is 27.2. The van der Waals surface area contributed by atoms with Gasteiger partial charge in [0, 0.05) is 22.3 Å². The summed E-state index contributed by atoms with van der Waals surface area (Å²) in [5.41, 5.74) is 12.9. The Morgan fingerprint density at radius 1 is 0.340 bits per heavy atom. The fourth-order valence-corrected chi connectivity index (χ4v) is 6.79. The third-order valence-corrected chi connectivity index (χ3v) is 9.27. The smallest absolute Gasteiger partial charge is 0.164 e. The Morgan fingerprint density at radius 3 is 1.64 bits per heavy atom. The molecule has 2 heterocycles. The van der Waals surface area contributed by atoms with Crippen LogP contribution < -0.4 is 4.74 Å². The summed E-state index contributed by atoms with van der Waals surface area (Å²) in [5, 5.41) is 0. The van der Waals surface area contributed by atoms with E-state index in [1.54, 1.807) is 0 Å². The van der Waals surface area contributed by atoms with E-state index in [4.69, 9.17) is 19.7 Å². The van der Waals surface area contributed by atoms with Crippen molar-refractivity contribution in [2.24, 2.45) is 0 Å². The van der Waals surface area contributed by atoms with E-state index in [9.17, 15) is 0 Å². The molecule has 0 aliphatic carbocycles. The van der Waals surface area contributed by atoms with E-state index in [2.05, 4.69) is 158 Å². The molecule has 0 saturated heterocycles. The van der Waals surface area contributed by atoms with Crippen molar-refractivity contribution in [2.45, 2.75) is 6.61 Å². The molecule has 9 rings (SSSR count). The van der Waals surface area contributed by atoms with Crippen molar-refractivity contribution in [1.29, 1.82) is 0 Å². The maximum Gasteiger partial charge on any atom is 0.164 e. The number of nitrogens with zero attached hydrogens (tertiary/aromatic N) is 3. The molecule has 1 aliphatic heterocycles. The van der Waals surface area contributed by atoms with Gasteiger partial charge in [-0.25, -0.2) is 15.0 Å². The normalized spacial score (nSPS) is 11.7. The second-order valence-corrected chi connectivity index (χ2v) is 12.4. The molecule has 0 bridgehead atoms. The van der Waals surface area contributed by atoms with Gasteiger partial charge in [-0.15, -0.1) is 0 Å². The van der Waals surface area contributed by atoms with Gasteiger partial charge in [0.25, 0.3) is 0 Å². The van der Waals surface area contributed by atoms with Gasteiger partial charge < -0.3 is 4.74 Å². The largest absolute Gasteiger partial charge is 0.488 e. The molecule has 1 aromatic heterocycles. The molecule has 0 fully saturated rings. The third kappa shape index (κ3) is 5.53. The number of hydrogen-bond donors (Lipinski definition) is 0. The van der Waals surface area contributed by atoms with Gasteiger partial charge in [-0.3, -0.25) is 0 Å². The van der Waals surface area contributed by atoms with Crippen molar-refractivity contribution in [3.05, 3.63) is 181 Å². The van der Waals surface area contributed by atoms with E-state index >= 15 is 0 Å². The summed E-state index contributed by atoms with van der Waals surface area (Å²) in [7, 11) is 0. The summed E-state index contributed by atoms with van der Waals surface area (Å²) >= 11 is 0. The summed E-state index contributed by atoms with van der Waals surface area (Å²) < 4.78 is 6.21. The van der Waals surface area contributed by atoms with Gasteiger partial charge in [0.05, 0.1) is 0 Å². The van der Waals surface area contributed by atoms with Crippen LogP contribution in [0.3, 0.4) is 0 Å². The second kappa shape index (κ2) is 12.8. The first-order valence-electron chi connectivity index (χ1n) is 16.8. The minimum absolute atomic E-state index is 0.569. The summed E-state index contributed by atoms with van der Waals surface area (Å²) in [6, 6.07) is 60.8. The predicted molar refractivity (Wildman–Crippen MR) is 202 cm³/mol. The first-order valence-corrected chi connectivity index (χ1v) is 16.8. The maximum atomic E-state index is 6.21. The Hall–Kier alpha value is -6.65. The molecule has 0 spiro atoms. The highest BCUT2D eigenvalue weighted by atomic mass is 16.5. The molecule has 0 unspecified atom stereocenters. The van der Waals surface area contributed by atoms with Gasteiger partial charge in [0.2, 0.25) is 0 Å². The van der Waals surface area contributed by atoms with Crippen LogP contribution in [0.15, 0.2) is 176 Å². The quantitative estimate of drug-likeness (QED) is 0.181. The van der Waals surface area contributed by atoms with Crippen molar-refractivity contribution in [3.63, 3.8) is 0 Å². The van der Waals surface area contributed by atoms with Gasteiger partial charge in [0.15, 0.2) is 17.5 Å². The van der Waals surface area contributed by atoms with E-state index in [0.717, 1.165) is 55.8 Å². The maximum absolute atomic E-state index is 6.21. The summed E-state index contributed by atoms with van der Waals surface area (Å²) in [6.45, 7) is 0.569. The number of fused-ring (bicyclic) bond motifs is 3. The molecule has 50 heavy (non-hydrogen) atoms. The Labute approximate surface area is 291 Å². The van der Waals surface area contributed by atoms with Crippen LogP contribution in [0.5, 0.6) is 5.75 Å². The average Bonchev–Trinajstić information content (AvgIpc) is 3.21. The minimum Gasteiger partial charge on any atom is -0.488 e. The molecule has 8 aromatic rings. The first kappa shape index (κ1) is 29.5. The molecule has 0 amide bonds. The lowest BCUT2D eigenvalue weighted by Crippen LogP contribution is -2.06. The topological polar surface area (TPSA) is 47.9 Å². The highest BCUT2D eigenvalue weighted by molar-refractivity contribution is 5.91. The van der Waals surface area contributed by atoms with Crippen LogP contribution in [-0.4, -0.2) is 15.0 Å². The third-order valence-electron chi connectivity index (χ3n) is 9.27. The monoisotopic (exact) mass is 641 g/mol. The van der Waals surface area contributed by atoms with Crippen LogP contribution in [0, 0.1) is 0 Å². The van der Waals surface area contributed by atoms with Crippen LogP contribution in [0.2, 0.25) is 0 Å².